The zero-order valence-corrected chi connectivity index (χ0v) is 16.6. The van der Waals surface area contributed by atoms with Crippen LogP contribution in [-0.2, 0) is 0 Å². The minimum absolute atomic E-state index is 0.527. The quantitative estimate of drug-likeness (QED) is 0.615. The molecule has 0 aliphatic heterocycles. The molecule has 3 aromatic heterocycles. The number of anilines is 1. The van der Waals surface area contributed by atoms with Gasteiger partial charge >= 0.3 is 0 Å². The van der Waals surface area contributed by atoms with Crippen molar-refractivity contribution in [2.45, 2.75) is 20.3 Å². The normalized spacial score (nSPS) is 11.0. The number of likely N-dealkylation sites (N-methyl/N-ethyl adjacent to an activating group) is 1. The number of pyridine rings is 2. The molecular formula is C21H26N6O. The van der Waals surface area contributed by atoms with Crippen LogP contribution in [0.1, 0.15) is 25.8 Å². The summed E-state index contributed by atoms with van der Waals surface area (Å²) in [6.45, 7) is 7.58. The van der Waals surface area contributed by atoms with Crippen LogP contribution in [0.2, 0.25) is 0 Å². The second-order valence-corrected chi connectivity index (χ2v) is 6.65. The molecule has 0 saturated carbocycles. The van der Waals surface area contributed by atoms with Gasteiger partial charge in [0, 0.05) is 30.4 Å². The third-order valence-electron chi connectivity index (χ3n) is 4.50. The van der Waals surface area contributed by atoms with E-state index in [0.29, 0.717) is 17.9 Å². The van der Waals surface area contributed by atoms with Crippen molar-refractivity contribution in [3.63, 3.8) is 0 Å². The highest BCUT2D eigenvalue weighted by Crippen LogP contribution is 2.30. The van der Waals surface area contributed by atoms with E-state index >= 15 is 0 Å². The molecule has 0 atom stereocenters. The molecule has 7 heteroatoms. The second kappa shape index (κ2) is 9.20. The fourth-order valence-corrected chi connectivity index (χ4v) is 3.17. The first-order chi connectivity index (χ1) is 13.7. The number of nitrogens with zero attached hydrogens (tertiary/aromatic N) is 5. The summed E-state index contributed by atoms with van der Waals surface area (Å²) >= 11 is 0. The maximum absolute atomic E-state index is 9.43. The third kappa shape index (κ3) is 4.41. The van der Waals surface area contributed by atoms with Crippen LogP contribution in [0.5, 0.6) is 5.75 Å². The summed E-state index contributed by atoms with van der Waals surface area (Å²) in [6, 6.07) is 8.11. The van der Waals surface area contributed by atoms with E-state index < -0.39 is 0 Å². The Morgan fingerprint density at radius 1 is 1.25 bits per heavy atom. The standard InChI is InChI=1S/C21H26N6O/c1-4-9-26(3)10-8-23-20-7-6-16(13-24-20)19-11-18(28-5-2)15-27-21(19)17(12-22)14-25-27/h6-7,11,13-15H,4-5,8-10H2,1-3H3,(H,23,24). The Morgan fingerprint density at radius 2 is 2.11 bits per heavy atom. The first-order valence-corrected chi connectivity index (χ1v) is 9.59. The number of nitriles is 1. The third-order valence-corrected chi connectivity index (χ3v) is 4.50. The highest BCUT2D eigenvalue weighted by Gasteiger charge is 2.13. The molecule has 0 fully saturated rings. The van der Waals surface area contributed by atoms with Crippen molar-refractivity contribution >= 4 is 11.3 Å². The zero-order valence-electron chi connectivity index (χ0n) is 16.6. The van der Waals surface area contributed by atoms with Crippen LogP contribution < -0.4 is 10.1 Å². The van der Waals surface area contributed by atoms with E-state index in [2.05, 4.69) is 40.3 Å². The molecule has 0 aliphatic rings. The molecule has 3 rings (SSSR count). The van der Waals surface area contributed by atoms with Gasteiger partial charge in [-0.05, 0) is 45.1 Å². The van der Waals surface area contributed by atoms with Crippen LogP contribution >= 0.6 is 0 Å². The monoisotopic (exact) mass is 378 g/mol. The second-order valence-electron chi connectivity index (χ2n) is 6.65. The Bertz CT molecular complexity index is 957. The molecule has 1 N–H and O–H groups in total. The van der Waals surface area contributed by atoms with Crippen molar-refractivity contribution in [3.05, 3.63) is 42.4 Å². The number of hydrogen-bond donors (Lipinski definition) is 1. The molecule has 0 spiro atoms. The zero-order chi connectivity index (χ0) is 19.9. The number of fused-ring (bicyclic) bond motifs is 1. The van der Waals surface area contributed by atoms with Crippen molar-refractivity contribution < 1.29 is 4.74 Å². The predicted octanol–water partition coefficient (Wildman–Crippen LogP) is 3.42. The van der Waals surface area contributed by atoms with Gasteiger partial charge in [0.2, 0.25) is 0 Å². The lowest BCUT2D eigenvalue weighted by molar-refractivity contribution is 0.338. The summed E-state index contributed by atoms with van der Waals surface area (Å²) in [4.78, 5) is 6.83. The Kier molecular flexibility index (Phi) is 6.45. The topological polar surface area (TPSA) is 78.5 Å². The van der Waals surface area contributed by atoms with Gasteiger partial charge in [0.05, 0.1) is 30.1 Å². The number of ether oxygens (including phenoxy) is 1. The van der Waals surface area contributed by atoms with Gasteiger partial charge in [-0.15, -0.1) is 0 Å². The molecule has 0 amide bonds. The maximum Gasteiger partial charge on any atom is 0.138 e. The van der Waals surface area contributed by atoms with E-state index in [1.165, 1.54) is 0 Å². The Morgan fingerprint density at radius 3 is 2.79 bits per heavy atom. The number of hydrogen-bond acceptors (Lipinski definition) is 6. The maximum atomic E-state index is 9.43. The highest BCUT2D eigenvalue weighted by molar-refractivity contribution is 5.85. The average Bonchev–Trinajstić information content (AvgIpc) is 3.11. The van der Waals surface area contributed by atoms with Crippen molar-refractivity contribution in [3.8, 4) is 22.9 Å². The number of aromatic nitrogens is 3. The van der Waals surface area contributed by atoms with Gasteiger partial charge in [-0.1, -0.05) is 6.92 Å². The fraction of sp³-hybridized carbons (Fsp3) is 0.381. The molecule has 0 saturated heterocycles. The van der Waals surface area contributed by atoms with Crippen molar-refractivity contribution in [1.82, 2.24) is 19.5 Å². The molecule has 3 heterocycles. The molecule has 7 nitrogen and oxygen atoms in total. The summed E-state index contributed by atoms with van der Waals surface area (Å²) in [5.74, 6) is 1.54. The van der Waals surface area contributed by atoms with Crippen LogP contribution in [0.3, 0.4) is 0 Å². The van der Waals surface area contributed by atoms with Gasteiger partial charge < -0.3 is 15.0 Å². The molecular weight excluding hydrogens is 352 g/mol. The van der Waals surface area contributed by atoms with Gasteiger partial charge in [0.25, 0.3) is 0 Å². The van der Waals surface area contributed by atoms with Crippen LogP contribution in [0.25, 0.3) is 16.6 Å². The molecule has 3 aromatic rings. The highest BCUT2D eigenvalue weighted by atomic mass is 16.5. The van der Waals surface area contributed by atoms with Gasteiger partial charge in [0.1, 0.15) is 17.6 Å². The Balaban J connectivity index is 1.84. The van der Waals surface area contributed by atoms with E-state index in [1.807, 2.05) is 31.3 Å². The number of rotatable bonds is 9. The average molecular weight is 378 g/mol. The van der Waals surface area contributed by atoms with Crippen LogP contribution in [0.4, 0.5) is 5.82 Å². The van der Waals surface area contributed by atoms with Crippen molar-refractivity contribution in [1.29, 1.82) is 5.26 Å². The van der Waals surface area contributed by atoms with Gasteiger partial charge in [-0.2, -0.15) is 10.4 Å². The van der Waals surface area contributed by atoms with E-state index in [0.717, 1.165) is 48.5 Å². The van der Waals surface area contributed by atoms with E-state index in [4.69, 9.17) is 4.74 Å². The first kappa shape index (κ1) is 19.6. The lowest BCUT2D eigenvalue weighted by Gasteiger charge is -2.16. The summed E-state index contributed by atoms with van der Waals surface area (Å²) in [5, 5.41) is 17.1. The van der Waals surface area contributed by atoms with Crippen molar-refractivity contribution in [2.75, 3.05) is 38.6 Å². The number of nitrogens with one attached hydrogen (secondary N) is 1. The smallest absolute Gasteiger partial charge is 0.138 e. The SMILES string of the molecule is CCCN(C)CCNc1ccc(-c2cc(OCC)cn3ncc(C#N)c23)cn1. The summed E-state index contributed by atoms with van der Waals surface area (Å²) in [5.41, 5.74) is 3.08. The molecule has 28 heavy (non-hydrogen) atoms. The Labute approximate surface area is 165 Å². The van der Waals surface area contributed by atoms with Crippen LogP contribution in [-0.4, -0.2) is 52.8 Å². The Hall–Kier alpha value is -3.11. The molecule has 146 valence electrons. The predicted molar refractivity (Wildman–Crippen MR) is 111 cm³/mol. The van der Waals surface area contributed by atoms with E-state index in [-0.39, 0.29) is 0 Å². The minimum atomic E-state index is 0.527. The lowest BCUT2D eigenvalue weighted by atomic mass is 10.1. The van der Waals surface area contributed by atoms with E-state index in [9.17, 15) is 5.26 Å². The molecule has 0 aliphatic carbocycles. The van der Waals surface area contributed by atoms with Crippen molar-refractivity contribution in [2.24, 2.45) is 0 Å². The first-order valence-electron chi connectivity index (χ1n) is 9.59. The molecule has 0 aromatic carbocycles. The summed E-state index contributed by atoms with van der Waals surface area (Å²) in [7, 11) is 2.12. The molecule has 0 radical (unpaired) electrons. The van der Waals surface area contributed by atoms with E-state index in [1.54, 1.807) is 16.9 Å². The molecule has 0 bridgehead atoms. The van der Waals surface area contributed by atoms with Crippen LogP contribution in [0, 0.1) is 11.3 Å². The summed E-state index contributed by atoms with van der Waals surface area (Å²) < 4.78 is 7.35. The minimum Gasteiger partial charge on any atom is -0.492 e. The lowest BCUT2D eigenvalue weighted by Crippen LogP contribution is -2.25. The van der Waals surface area contributed by atoms with Gasteiger partial charge in [-0.25, -0.2) is 9.50 Å². The molecule has 0 unspecified atom stereocenters. The summed E-state index contributed by atoms with van der Waals surface area (Å²) in [6.07, 6.45) is 6.33. The fourth-order valence-electron chi connectivity index (χ4n) is 3.17. The van der Waals surface area contributed by atoms with Crippen LogP contribution in [0.15, 0.2) is 36.8 Å². The largest absolute Gasteiger partial charge is 0.492 e. The van der Waals surface area contributed by atoms with Gasteiger partial charge in [0.15, 0.2) is 0 Å². The van der Waals surface area contributed by atoms with Gasteiger partial charge in [-0.3, -0.25) is 0 Å².